The fourth-order valence-corrected chi connectivity index (χ4v) is 4.00. The highest BCUT2D eigenvalue weighted by Gasteiger charge is 2.56. The largest absolute Gasteiger partial charge is 0.411 e. The number of aliphatic hydroxyl groups is 1. The Kier molecular flexibility index (Phi) is 4.39. The predicted octanol–water partition coefficient (Wildman–Crippen LogP) is 3.03. The second kappa shape index (κ2) is 5.26. The molecular formula is C16H32O5Si. The maximum atomic E-state index is 10.7. The topological polar surface area (TPSA) is 57.2 Å². The highest BCUT2D eigenvalue weighted by molar-refractivity contribution is 6.74. The molecule has 2 heterocycles. The normalized spacial score (nSPS) is 39.4. The molecule has 1 spiro atoms. The molecule has 2 fully saturated rings. The van der Waals surface area contributed by atoms with E-state index >= 15 is 0 Å². The molecule has 22 heavy (non-hydrogen) atoms. The Morgan fingerprint density at radius 3 is 2.14 bits per heavy atom. The summed E-state index contributed by atoms with van der Waals surface area (Å²) in [7, 11) is -2.00. The van der Waals surface area contributed by atoms with Gasteiger partial charge in [-0.3, -0.25) is 0 Å². The highest BCUT2D eigenvalue weighted by atomic mass is 28.4. The smallest absolute Gasteiger partial charge is 0.197 e. The van der Waals surface area contributed by atoms with Crippen LogP contribution in [0.5, 0.6) is 0 Å². The van der Waals surface area contributed by atoms with Gasteiger partial charge in [-0.05, 0) is 38.9 Å². The monoisotopic (exact) mass is 332 g/mol. The molecule has 5 nitrogen and oxygen atoms in total. The highest BCUT2D eigenvalue weighted by Crippen LogP contribution is 2.45. The van der Waals surface area contributed by atoms with Crippen molar-refractivity contribution in [3.63, 3.8) is 0 Å². The van der Waals surface area contributed by atoms with Crippen molar-refractivity contribution in [3.8, 4) is 0 Å². The van der Waals surface area contributed by atoms with Gasteiger partial charge in [-0.25, -0.2) is 0 Å². The summed E-state index contributed by atoms with van der Waals surface area (Å²) in [4.78, 5) is 0. The average molecular weight is 333 g/mol. The van der Waals surface area contributed by atoms with E-state index in [1.54, 1.807) is 6.92 Å². The number of rotatable bonds is 2. The minimum atomic E-state index is -2.00. The molecule has 0 bridgehead atoms. The van der Waals surface area contributed by atoms with E-state index in [2.05, 4.69) is 33.9 Å². The summed E-state index contributed by atoms with van der Waals surface area (Å²) >= 11 is 0. The molecule has 0 radical (unpaired) electrons. The van der Waals surface area contributed by atoms with Gasteiger partial charge in [0.2, 0.25) is 0 Å². The SMILES string of the molecule is CC1(C)OC[C@@]2(C[C@H](O[Si](C)(C)C(C)(C)C)[C@@](C)(O)CO2)O1. The van der Waals surface area contributed by atoms with Crippen LogP contribution in [0.4, 0.5) is 0 Å². The zero-order valence-electron chi connectivity index (χ0n) is 15.3. The van der Waals surface area contributed by atoms with Crippen molar-refractivity contribution >= 4 is 8.32 Å². The molecule has 1 N–H and O–H groups in total. The second-order valence-electron chi connectivity index (χ2n) is 8.92. The van der Waals surface area contributed by atoms with E-state index in [1.165, 1.54) is 0 Å². The lowest BCUT2D eigenvalue weighted by Crippen LogP contribution is -2.61. The summed E-state index contributed by atoms with van der Waals surface area (Å²) in [6.07, 6.45) is 0.162. The van der Waals surface area contributed by atoms with Gasteiger partial charge in [-0.2, -0.15) is 0 Å². The Morgan fingerprint density at radius 2 is 1.68 bits per heavy atom. The standard InChI is InChI=1S/C16H32O5Si/c1-13(2,3)22(7,8)20-12-9-16(19-10-15(12,6)17)11-18-14(4,5)21-16/h12,17H,9-11H2,1-8H3/t12-,15-,16+/m0/s1. The van der Waals surface area contributed by atoms with Crippen LogP contribution in [0.25, 0.3) is 0 Å². The molecule has 0 amide bonds. The lowest BCUT2D eigenvalue weighted by molar-refractivity contribution is -0.310. The summed E-state index contributed by atoms with van der Waals surface area (Å²) in [5, 5.41) is 10.8. The first kappa shape index (κ1) is 18.4. The van der Waals surface area contributed by atoms with Crippen molar-refractivity contribution in [1.82, 2.24) is 0 Å². The molecule has 0 saturated carbocycles. The molecule has 0 aromatic carbocycles. The first-order chi connectivity index (χ1) is 9.68. The van der Waals surface area contributed by atoms with Gasteiger partial charge >= 0.3 is 0 Å². The number of ether oxygens (including phenoxy) is 3. The van der Waals surface area contributed by atoms with E-state index in [0.717, 1.165) is 0 Å². The third-order valence-electron chi connectivity index (χ3n) is 5.13. The Bertz CT molecular complexity index is 427. The van der Waals surface area contributed by atoms with E-state index in [-0.39, 0.29) is 17.7 Å². The summed E-state index contributed by atoms with van der Waals surface area (Å²) in [6, 6.07) is 0. The summed E-state index contributed by atoms with van der Waals surface area (Å²) in [6.45, 7) is 17.1. The summed E-state index contributed by atoms with van der Waals surface area (Å²) in [5.74, 6) is -1.47. The minimum Gasteiger partial charge on any atom is -0.411 e. The van der Waals surface area contributed by atoms with Crippen LogP contribution in [0.15, 0.2) is 0 Å². The van der Waals surface area contributed by atoms with Crippen LogP contribution >= 0.6 is 0 Å². The molecule has 0 aromatic heterocycles. The number of hydrogen-bond acceptors (Lipinski definition) is 5. The van der Waals surface area contributed by atoms with Crippen LogP contribution in [0.1, 0.15) is 48.0 Å². The Labute approximate surface area is 135 Å². The first-order valence-corrected chi connectivity index (χ1v) is 11.0. The first-order valence-electron chi connectivity index (χ1n) is 8.06. The molecule has 2 rings (SSSR count). The van der Waals surface area contributed by atoms with Gasteiger partial charge in [0.1, 0.15) is 12.2 Å². The van der Waals surface area contributed by atoms with Crippen molar-refractivity contribution in [2.45, 2.75) is 89.4 Å². The predicted molar refractivity (Wildman–Crippen MR) is 87.1 cm³/mol. The molecule has 2 aliphatic heterocycles. The molecule has 6 heteroatoms. The maximum absolute atomic E-state index is 10.7. The molecule has 0 aliphatic carbocycles. The van der Waals surface area contributed by atoms with Crippen molar-refractivity contribution in [2.24, 2.45) is 0 Å². The fraction of sp³-hybridized carbons (Fsp3) is 1.00. The van der Waals surface area contributed by atoms with E-state index in [9.17, 15) is 5.11 Å². The van der Waals surface area contributed by atoms with Crippen LogP contribution < -0.4 is 0 Å². The van der Waals surface area contributed by atoms with Gasteiger partial charge in [0.25, 0.3) is 0 Å². The lowest BCUT2D eigenvalue weighted by atomic mass is 9.91. The van der Waals surface area contributed by atoms with Gasteiger partial charge in [0.05, 0.1) is 12.7 Å². The van der Waals surface area contributed by atoms with Crippen molar-refractivity contribution in [3.05, 3.63) is 0 Å². The molecule has 2 aliphatic rings. The summed E-state index contributed by atoms with van der Waals surface area (Å²) in [5.41, 5.74) is -1.02. The maximum Gasteiger partial charge on any atom is 0.197 e. The van der Waals surface area contributed by atoms with Crippen molar-refractivity contribution < 1.29 is 23.7 Å². The Balaban J connectivity index is 2.18. The van der Waals surface area contributed by atoms with Gasteiger partial charge in [-0.15, -0.1) is 0 Å². The molecule has 0 aromatic rings. The summed E-state index contributed by atoms with van der Waals surface area (Å²) < 4.78 is 24.0. The van der Waals surface area contributed by atoms with E-state index in [1.807, 2.05) is 13.8 Å². The second-order valence-corrected chi connectivity index (χ2v) is 13.7. The van der Waals surface area contributed by atoms with Crippen molar-refractivity contribution in [1.29, 1.82) is 0 Å². The molecule has 130 valence electrons. The fourth-order valence-electron chi connectivity index (χ4n) is 2.60. The van der Waals surface area contributed by atoms with E-state index in [0.29, 0.717) is 13.0 Å². The minimum absolute atomic E-state index is 0.0842. The van der Waals surface area contributed by atoms with Gasteiger partial charge in [-0.1, -0.05) is 20.8 Å². The lowest BCUT2D eigenvalue weighted by Gasteiger charge is -2.49. The van der Waals surface area contributed by atoms with Crippen LogP contribution in [0.2, 0.25) is 18.1 Å². The Morgan fingerprint density at radius 1 is 1.09 bits per heavy atom. The molecule has 0 unspecified atom stereocenters. The van der Waals surface area contributed by atoms with Crippen LogP contribution in [-0.4, -0.2) is 49.9 Å². The van der Waals surface area contributed by atoms with Gasteiger partial charge in [0.15, 0.2) is 19.9 Å². The van der Waals surface area contributed by atoms with Crippen molar-refractivity contribution in [2.75, 3.05) is 13.2 Å². The van der Waals surface area contributed by atoms with Crippen LogP contribution in [0.3, 0.4) is 0 Å². The third-order valence-corrected chi connectivity index (χ3v) is 9.62. The van der Waals surface area contributed by atoms with Gasteiger partial charge in [0, 0.05) is 6.42 Å². The van der Waals surface area contributed by atoms with E-state index < -0.39 is 25.5 Å². The quantitative estimate of drug-likeness (QED) is 0.788. The average Bonchev–Trinajstić information content (AvgIpc) is 2.59. The molecule has 2 saturated heterocycles. The van der Waals surface area contributed by atoms with E-state index in [4.69, 9.17) is 18.6 Å². The Hall–Kier alpha value is 0.0169. The zero-order valence-corrected chi connectivity index (χ0v) is 16.3. The molecule has 3 atom stereocenters. The van der Waals surface area contributed by atoms with Crippen LogP contribution in [0, 0.1) is 0 Å². The molecular weight excluding hydrogens is 300 g/mol. The zero-order chi connectivity index (χ0) is 17.0. The number of hydrogen-bond donors (Lipinski definition) is 1. The van der Waals surface area contributed by atoms with Gasteiger partial charge < -0.3 is 23.7 Å². The third kappa shape index (κ3) is 3.57. The van der Waals surface area contributed by atoms with Crippen LogP contribution in [-0.2, 0) is 18.6 Å².